The van der Waals surface area contributed by atoms with Crippen molar-refractivity contribution < 1.29 is 0 Å². The molecule has 78 valence electrons. The lowest BCUT2D eigenvalue weighted by Gasteiger charge is -2.15. The first-order chi connectivity index (χ1) is 6.83. The minimum atomic E-state index is 0.647. The van der Waals surface area contributed by atoms with Gasteiger partial charge in [-0.1, -0.05) is 12.8 Å². The molecule has 0 radical (unpaired) electrons. The number of nitrogens with two attached hydrogens (primary N) is 1. The predicted molar refractivity (Wildman–Crippen MR) is 60.2 cm³/mol. The van der Waals surface area contributed by atoms with Crippen molar-refractivity contribution in [3.63, 3.8) is 0 Å². The molecule has 1 saturated carbocycles. The van der Waals surface area contributed by atoms with Crippen molar-refractivity contribution in [2.45, 2.75) is 38.1 Å². The Morgan fingerprint density at radius 3 is 2.86 bits per heavy atom. The van der Waals surface area contributed by atoms with Crippen LogP contribution in [-0.4, -0.2) is 16.1 Å². The average Bonchev–Trinajstić information content (AvgIpc) is 2.76. The Bertz CT molecular complexity index is 302. The number of halogens is 1. The molecule has 1 heterocycles. The third-order valence-corrected chi connectivity index (χ3v) is 3.47. The first-order valence-electron chi connectivity index (χ1n) is 5.24. The van der Waals surface area contributed by atoms with Crippen LogP contribution in [0.3, 0.4) is 0 Å². The van der Waals surface area contributed by atoms with Crippen LogP contribution in [-0.2, 0) is 6.42 Å². The third kappa shape index (κ3) is 1.86. The van der Waals surface area contributed by atoms with Gasteiger partial charge in [-0.15, -0.1) is 0 Å². The normalized spacial score (nSPS) is 17.9. The average molecular weight is 258 g/mol. The maximum absolute atomic E-state index is 5.57. The molecule has 0 spiro atoms. The summed E-state index contributed by atoms with van der Waals surface area (Å²) < 4.78 is 3.42. The molecule has 1 aliphatic rings. The molecule has 1 aromatic heterocycles. The number of rotatable bonds is 3. The Kier molecular flexibility index (Phi) is 3.23. The van der Waals surface area contributed by atoms with Gasteiger partial charge in [-0.05, 0) is 35.3 Å². The zero-order valence-corrected chi connectivity index (χ0v) is 9.83. The molecule has 0 aromatic carbocycles. The second kappa shape index (κ2) is 4.45. The standard InChI is InChI=1S/C10H16BrN3/c11-9-7-13-10(5-6-12)14(9)8-3-1-2-4-8/h7-8H,1-6,12H2. The van der Waals surface area contributed by atoms with Crippen LogP contribution in [0, 0.1) is 0 Å². The highest BCUT2D eigenvalue weighted by molar-refractivity contribution is 9.10. The van der Waals surface area contributed by atoms with Crippen LogP contribution in [0.15, 0.2) is 10.8 Å². The van der Waals surface area contributed by atoms with Crippen molar-refractivity contribution in [3.05, 3.63) is 16.6 Å². The second-order valence-electron chi connectivity index (χ2n) is 3.84. The van der Waals surface area contributed by atoms with Crippen LogP contribution in [0.1, 0.15) is 37.5 Å². The molecule has 0 unspecified atom stereocenters. The smallest absolute Gasteiger partial charge is 0.111 e. The molecular weight excluding hydrogens is 242 g/mol. The quantitative estimate of drug-likeness (QED) is 0.903. The Morgan fingerprint density at radius 2 is 2.21 bits per heavy atom. The van der Waals surface area contributed by atoms with Crippen molar-refractivity contribution in [2.24, 2.45) is 5.73 Å². The summed E-state index contributed by atoms with van der Waals surface area (Å²) in [5.74, 6) is 1.13. The third-order valence-electron chi connectivity index (χ3n) is 2.89. The van der Waals surface area contributed by atoms with Gasteiger partial charge >= 0.3 is 0 Å². The van der Waals surface area contributed by atoms with Gasteiger partial charge in [-0.3, -0.25) is 0 Å². The van der Waals surface area contributed by atoms with Crippen LogP contribution in [0.2, 0.25) is 0 Å². The summed E-state index contributed by atoms with van der Waals surface area (Å²) in [4.78, 5) is 4.39. The Labute approximate surface area is 92.8 Å². The van der Waals surface area contributed by atoms with Crippen LogP contribution in [0.5, 0.6) is 0 Å². The first kappa shape index (κ1) is 10.2. The number of hydrogen-bond donors (Lipinski definition) is 1. The van der Waals surface area contributed by atoms with Gasteiger partial charge in [0.05, 0.1) is 6.20 Å². The highest BCUT2D eigenvalue weighted by Crippen LogP contribution is 2.33. The predicted octanol–water partition coefficient (Wildman–Crippen LogP) is 2.26. The molecule has 14 heavy (non-hydrogen) atoms. The summed E-state index contributed by atoms with van der Waals surface area (Å²) in [7, 11) is 0. The van der Waals surface area contributed by atoms with Crippen molar-refractivity contribution in [1.82, 2.24) is 9.55 Å². The molecule has 0 aliphatic heterocycles. The van der Waals surface area contributed by atoms with E-state index in [1.165, 1.54) is 25.7 Å². The lowest BCUT2D eigenvalue weighted by molar-refractivity contribution is 0.489. The number of hydrogen-bond acceptors (Lipinski definition) is 2. The van der Waals surface area contributed by atoms with E-state index in [1.54, 1.807) is 0 Å². The van der Waals surface area contributed by atoms with Crippen LogP contribution < -0.4 is 5.73 Å². The molecule has 0 amide bonds. The van der Waals surface area contributed by atoms with Crippen molar-refractivity contribution >= 4 is 15.9 Å². The summed E-state index contributed by atoms with van der Waals surface area (Å²) in [6, 6.07) is 0.647. The van der Waals surface area contributed by atoms with E-state index in [9.17, 15) is 0 Å². The molecule has 0 atom stereocenters. The van der Waals surface area contributed by atoms with E-state index in [0.717, 1.165) is 16.8 Å². The molecule has 1 aromatic rings. The van der Waals surface area contributed by atoms with Crippen LogP contribution in [0.25, 0.3) is 0 Å². The molecule has 4 heteroatoms. The zero-order chi connectivity index (χ0) is 9.97. The summed E-state index contributed by atoms with van der Waals surface area (Å²) in [5.41, 5.74) is 5.57. The minimum Gasteiger partial charge on any atom is -0.330 e. The molecule has 0 bridgehead atoms. The fraction of sp³-hybridized carbons (Fsp3) is 0.700. The van der Waals surface area contributed by atoms with Crippen molar-refractivity contribution in [2.75, 3.05) is 6.54 Å². The summed E-state index contributed by atoms with van der Waals surface area (Å²) in [6.07, 6.45) is 8.03. The molecule has 0 saturated heterocycles. The molecule has 3 nitrogen and oxygen atoms in total. The van der Waals surface area contributed by atoms with E-state index in [1.807, 2.05) is 6.20 Å². The lowest BCUT2D eigenvalue weighted by Crippen LogP contribution is -2.13. The minimum absolute atomic E-state index is 0.647. The van der Waals surface area contributed by atoms with Gasteiger partial charge in [-0.2, -0.15) is 0 Å². The maximum Gasteiger partial charge on any atom is 0.111 e. The van der Waals surface area contributed by atoms with Gasteiger partial charge in [0.1, 0.15) is 10.4 Å². The van der Waals surface area contributed by atoms with Crippen molar-refractivity contribution in [3.8, 4) is 0 Å². The highest BCUT2D eigenvalue weighted by atomic mass is 79.9. The molecular formula is C10H16BrN3. The SMILES string of the molecule is NCCc1ncc(Br)n1C1CCCC1. The van der Waals surface area contributed by atoms with E-state index < -0.39 is 0 Å². The summed E-state index contributed by atoms with van der Waals surface area (Å²) >= 11 is 3.56. The fourth-order valence-electron chi connectivity index (χ4n) is 2.24. The number of nitrogens with zero attached hydrogens (tertiary/aromatic N) is 2. The van der Waals surface area contributed by atoms with E-state index in [2.05, 4.69) is 25.5 Å². The number of aromatic nitrogens is 2. The van der Waals surface area contributed by atoms with Gasteiger partial charge in [0.2, 0.25) is 0 Å². The van der Waals surface area contributed by atoms with Crippen LogP contribution >= 0.6 is 15.9 Å². The topological polar surface area (TPSA) is 43.8 Å². The Hall–Kier alpha value is -0.350. The van der Waals surface area contributed by atoms with E-state index in [4.69, 9.17) is 5.73 Å². The van der Waals surface area contributed by atoms with Gasteiger partial charge in [0.15, 0.2) is 0 Å². The molecule has 1 fully saturated rings. The van der Waals surface area contributed by atoms with Gasteiger partial charge in [0.25, 0.3) is 0 Å². The van der Waals surface area contributed by atoms with Gasteiger partial charge < -0.3 is 10.3 Å². The maximum atomic E-state index is 5.57. The highest BCUT2D eigenvalue weighted by Gasteiger charge is 2.21. The fourth-order valence-corrected chi connectivity index (χ4v) is 2.83. The summed E-state index contributed by atoms with van der Waals surface area (Å²) in [5, 5.41) is 0. The second-order valence-corrected chi connectivity index (χ2v) is 4.66. The monoisotopic (exact) mass is 257 g/mol. The lowest BCUT2D eigenvalue weighted by atomic mass is 10.2. The van der Waals surface area contributed by atoms with E-state index >= 15 is 0 Å². The molecule has 2 rings (SSSR count). The van der Waals surface area contributed by atoms with E-state index in [-0.39, 0.29) is 0 Å². The van der Waals surface area contributed by atoms with Crippen molar-refractivity contribution in [1.29, 1.82) is 0 Å². The Balaban J connectivity index is 2.24. The van der Waals surface area contributed by atoms with Gasteiger partial charge in [-0.25, -0.2) is 4.98 Å². The van der Waals surface area contributed by atoms with Gasteiger partial charge in [0, 0.05) is 12.5 Å². The van der Waals surface area contributed by atoms with E-state index in [0.29, 0.717) is 12.6 Å². The summed E-state index contributed by atoms with van der Waals surface area (Å²) in [6.45, 7) is 0.677. The van der Waals surface area contributed by atoms with Crippen LogP contribution in [0.4, 0.5) is 0 Å². The first-order valence-corrected chi connectivity index (χ1v) is 6.04. The largest absolute Gasteiger partial charge is 0.330 e. The number of imidazole rings is 1. The Morgan fingerprint density at radius 1 is 1.50 bits per heavy atom. The zero-order valence-electron chi connectivity index (χ0n) is 8.25. The molecule has 2 N–H and O–H groups in total. The molecule has 1 aliphatic carbocycles.